The van der Waals surface area contributed by atoms with E-state index in [-0.39, 0.29) is 0 Å². The Hall–Kier alpha value is -0.750. The second-order valence-electron chi connectivity index (χ2n) is 4.68. The molecule has 1 N–H and O–H groups in total. The van der Waals surface area contributed by atoms with Gasteiger partial charge in [0.05, 0.1) is 3.79 Å². The van der Waals surface area contributed by atoms with Gasteiger partial charge in [0.15, 0.2) is 0 Å². The van der Waals surface area contributed by atoms with Crippen molar-refractivity contribution in [2.45, 2.75) is 12.6 Å². The van der Waals surface area contributed by atoms with Crippen LogP contribution in [0.25, 0.3) is 0 Å². The molecule has 3 nitrogen and oxygen atoms in total. The van der Waals surface area contributed by atoms with Crippen LogP contribution in [0.2, 0.25) is 0 Å². The van der Waals surface area contributed by atoms with Crippen LogP contribution in [0.5, 0.6) is 0 Å². The average Bonchev–Trinajstić information content (AvgIpc) is 2.86. The molecule has 0 amide bonds. The van der Waals surface area contributed by atoms with Crippen molar-refractivity contribution < 1.29 is 0 Å². The molecule has 5 heteroatoms. The molecule has 1 atom stereocenters. The smallest absolute Gasteiger partial charge is 0.0701 e. The topological polar surface area (TPSA) is 28.2 Å². The van der Waals surface area contributed by atoms with Gasteiger partial charge in [-0.1, -0.05) is 6.07 Å². The van der Waals surface area contributed by atoms with E-state index in [2.05, 4.69) is 49.3 Å². The molecule has 0 saturated carbocycles. The van der Waals surface area contributed by atoms with Crippen molar-refractivity contribution in [2.75, 3.05) is 19.6 Å². The van der Waals surface area contributed by atoms with Gasteiger partial charge in [-0.25, -0.2) is 0 Å². The third-order valence-electron chi connectivity index (χ3n) is 3.41. The summed E-state index contributed by atoms with van der Waals surface area (Å²) in [5.74, 6) is 0. The maximum Gasteiger partial charge on any atom is 0.0701 e. The zero-order chi connectivity index (χ0) is 13.1. The van der Waals surface area contributed by atoms with Crippen LogP contribution in [0.1, 0.15) is 16.5 Å². The van der Waals surface area contributed by atoms with Gasteiger partial charge in [0.1, 0.15) is 0 Å². The predicted molar refractivity (Wildman–Crippen MR) is 82.3 cm³/mol. The minimum Gasteiger partial charge on any atom is -0.314 e. The fraction of sp³-hybridized carbons (Fsp3) is 0.357. The van der Waals surface area contributed by atoms with E-state index in [1.807, 2.05) is 29.8 Å². The number of rotatable bonds is 3. The van der Waals surface area contributed by atoms with Crippen LogP contribution in [0, 0.1) is 0 Å². The summed E-state index contributed by atoms with van der Waals surface area (Å²) in [5.41, 5.74) is 1.30. The molecule has 1 unspecified atom stereocenters. The molecule has 0 spiro atoms. The van der Waals surface area contributed by atoms with E-state index >= 15 is 0 Å². The van der Waals surface area contributed by atoms with Crippen molar-refractivity contribution in [3.05, 3.63) is 50.9 Å². The Labute approximate surface area is 125 Å². The third kappa shape index (κ3) is 3.23. The van der Waals surface area contributed by atoms with Crippen molar-refractivity contribution in [3.8, 4) is 0 Å². The first-order valence-electron chi connectivity index (χ1n) is 6.42. The fourth-order valence-electron chi connectivity index (χ4n) is 2.47. The summed E-state index contributed by atoms with van der Waals surface area (Å²) in [6, 6.07) is 8.94. The molecule has 19 heavy (non-hydrogen) atoms. The third-order valence-corrected chi connectivity index (χ3v) is 5.02. The van der Waals surface area contributed by atoms with Gasteiger partial charge in [0.25, 0.3) is 0 Å². The van der Waals surface area contributed by atoms with Crippen LogP contribution in [0.15, 0.2) is 40.4 Å². The van der Waals surface area contributed by atoms with E-state index in [9.17, 15) is 0 Å². The van der Waals surface area contributed by atoms with Crippen LogP contribution in [-0.4, -0.2) is 29.5 Å². The Morgan fingerprint density at radius 1 is 1.42 bits per heavy atom. The molecule has 1 saturated heterocycles. The van der Waals surface area contributed by atoms with Crippen molar-refractivity contribution in [2.24, 2.45) is 0 Å². The zero-order valence-electron chi connectivity index (χ0n) is 10.6. The molecule has 0 radical (unpaired) electrons. The Kier molecular flexibility index (Phi) is 4.28. The first-order chi connectivity index (χ1) is 9.33. The van der Waals surface area contributed by atoms with Crippen LogP contribution >= 0.6 is 27.3 Å². The van der Waals surface area contributed by atoms with E-state index in [0.29, 0.717) is 6.04 Å². The van der Waals surface area contributed by atoms with Gasteiger partial charge in [-0.2, -0.15) is 0 Å². The number of aromatic nitrogens is 1. The monoisotopic (exact) mass is 337 g/mol. The normalized spacial score (nSPS) is 20.6. The lowest BCUT2D eigenvalue weighted by molar-refractivity contribution is 0.155. The SMILES string of the molecule is Brc1ccc(CN2CCNCC2c2cccnc2)s1. The number of halogens is 1. The van der Waals surface area contributed by atoms with E-state index in [4.69, 9.17) is 0 Å². The largest absolute Gasteiger partial charge is 0.314 e. The number of thiophene rings is 1. The average molecular weight is 338 g/mol. The van der Waals surface area contributed by atoms with E-state index in [1.165, 1.54) is 14.2 Å². The summed E-state index contributed by atoms with van der Waals surface area (Å²) in [5, 5.41) is 3.48. The van der Waals surface area contributed by atoms with Gasteiger partial charge in [-0.05, 0) is 39.7 Å². The molecule has 3 heterocycles. The van der Waals surface area contributed by atoms with Crippen LogP contribution in [-0.2, 0) is 6.54 Å². The van der Waals surface area contributed by atoms with Crippen LogP contribution in [0.4, 0.5) is 0 Å². The highest BCUT2D eigenvalue weighted by Gasteiger charge is 2.24. The minimum absolute atomic E-state index is 0.420. The highest BCUT2D eigenvalue weighted by molar-refractivity contribution is 9.11. The Bertz CT molecular complexity index is 528. The molecule has 0 aromatic carbocycles. The Morgan fingerprint density at radius 2 is 2.37 bits per heavy atom. The molecular weight excluding hydrogens is 322 g/mol. The second-order valence-corrected chi connectivity index (χ2v) is 7.23. The lowest BCUT2D eigenvalue weighted by Crippen LogP contribution is -2.45. The summed E-state index contributed by atoms with van der Waals surface area (Å²) in [6.45, 7) is 4.15. The van der Waals surface area contributed by atoms with Gasteiger partial charge in [-0.15, -0.1) is 11.3 Å². The van der Waals surface area contributed by atoms with Gasteiger partial charge >= 0.3 is 0 Å². The maximum atomic E-state index is 4.25. The van der Waals surface area contributed by atoms with Crippen LogP contribution in [0.3, 0.4) is 0 Å². The van der Waals surface area contributed by atoms with Gasteiger partial charge < -0.3 is 5.32 Å². The lowest BCUT2D eigenvalue weighted by atomic mass is 10.1. The van der Waals surface area contributed by atoms with Crippen LogP contribution < -0.4 is 5.32 Å². The molecule has 2 aromatic rings. The highest BCUT2D eigenvalue weighted by Crippen LogP contribution is 2.28. The molecule has 1 fully saturated rings. The zero-order valence-corrected chi connectivity index (χ0v) is 13.0. The first kappa shape index (κ1) is 13.2. The van der Waals surface area contributed by atoms with E-state index < -0.39 is 0 Å². The molecule has 0 aliphatic carbocycles. The Morgan fingerprint density at radius 3 is 3.11 bits per heavy atom. The van der Waals surface area contributed by atoms with Crippen molar-refractivity contribution in [1.82, 2.24) is 15.2 Å². The highest BCUT2D eigenvalue weighted by atomic mass is 79.9. The molecule has 0 bridgehead atoms. The fourth-order valence-corrected chi connectivity index (χ4v) is 3.98. The molecule has 2 aromatic heterocycles. The summed E-state index contributed by atoms with van der Waals surface area (Å²) < 4.78 is 1.20. The Balaban J connectivity index is 1.77. The van der Waals surface area contributed by atoms with E-state index in [1.54, 1.807) is 0 Å². The molecule has 100 valence electrons. The van der Waals surface area contributed by atoms with Gasteiger partial charge in [0.2, 0.25) is 0 Å². The summed E-state index contributed by atoms with van der Waals surface area (Å²) in [4.78, 5) is 8.18. The summed E-state index contributed by atoms with van der Waals surface area (Å²) in [6.07, 6.45) is 3.81. The summed E-state index contributed by atoms with van der Waals surface area (Å²) in [7, 11) is 0. The molecular formula is C14H16BrN3S. The number of hydrogen-bond acceptors (Lipinski definition) is 4. The van der Waals surface area contributed by atoms with Gasteiger partial charge in [-0.3, -0.25) is 9.88 Å². The molecule has 1 aliphatic heterocycles. The lowest BCUT2D eigenvalue weighted by Gasteiger charge is -2.36. The maximum absolute atomic E-state index is 4.25. The van der Waals surface area contributed by atoms with E-state index in [0.717, 1.165) is 26.2 Å². The predicted octanol–water partition coefficient (Wildman–Crippen LogP) is 3.05. The standard InChI is InChI=1S/C14H16BrN3S/c15-14-4-3-12(19-14)10-18-7-6-17-9-13(18)11-2-1-5-16-8-11/h1-5,8,13,17H,6-7,9-10H2. The van der Waals surface area contributed by atoms with Crippen molar-refractivity contribution in [3.63, 3.8) is 0 Å². The number of piperazine rings is 1. The molecule has 3 rings (SSSR count). The number of pyridine rings is 1. The quantitative estimate of drug-likeness (QED) is 0.932. The first-order valence-corrected chi connectivity index (χ1v) is 8.03. The summed E-state index contributed by atoms with van der Waals surface area (Å²) >= 11 is 5.35. The second kappa shape index (κ2) is 6.13. The number of nitrogens with zero attached hydrogens (tertiary/aromatic N) is 2. The minimum atomic E-state index is 0.420. The van der Waals surface area contributed by atoms with Crippen molar-refractivity contribution >= 4 is 27.3 Å². The number of nitrogens with one attached hydrogen (secondary N) is 1. The van der Waals surface area contributed by atoms with Gasteiger partial charge in [0, 0.05) is 49.5 Å². The van der Waals surface area contributed by atoms with Crippen molar-refractivity contribution in [1.29, 1.82) is 0 Å². The number of hydrogen-bond donors (Lipinski definition) is 1. The molecule has 1 aliphatic rings.